The fourth-order valence-electron chi connectivity index (χ4n) is 4.01. The topological polar surface area (TPSA) is 100 Å². The summed E-state index contributed by atoms with van der Waals surface area (Å²) in [6.45, 7) is 3.90. The number of nitrogens with two attached hydrogens (primary N) is 1. The molecule has 7 nitrogen and oxygen atoms in total. The molecule has 1 saturated heterocycles. The van der Waals surface area contributed by atoms with Crippen LogP contribution in [0.15, 0.2) is 48.5 Å². The van der Waals surface area contributed by atoms with Gasteiger partial charge in [-0.2, -0.15) is 0 Å². The number of benzene rings is 2. The number of rotatable bonds is 7. The van der Waals surface area contributed by atoms with Crippen LogP contribution in [0, 0.1) is 0 Å². The number of aromatic amines is 1. The molecule has 0 bridgehead atoms. The molecule has 1 aliphatic heterocycles. The van der Waals surface area contributed by atoms with Gasteiger partial charge in [0.1, 0.15) is 11.4 Å². The number of nitrogens with zero attached hydrogens (tertiary/aromatic N) is 1. The van der Waals surface area contributed by atoms with Crippen molar-refractivity contribution in [1.82, 2.24) is 9.88 Å². The third kappa shape index (κ3) is 4.16. The summed E-state index contributed by atoms with van der Waals surface area (Å²) in [4.78, 5) is 29.8. The van der Waals surface area contributed by atoms with Gasteiger partial charge in [0.05, 0.1) is 12.6 Å². The van der Waals surface area contributed by atoms with E-state index in [1.54, 1.807) is 0 Å². The Bertz CT molecular complexity index is 1080. The van der Waals surface area contributed by atoms with Gasteiger partial charge in [0.2, 0.25) is 5.91 Å². The van der Waals surface area contributed by atoms with E-state index in [0.717, 1.165) is 47.3 Å². The summed E-state index contributed by atoms with van der Waals surface area (Å²) >= 11 is 0. The molecule has 4 N–H and O–H groups in total. The number of ether oxygens (including phenoxy) is 1. The average Bonchev–Trinajstić information content (AvgIpc) is 3.36. The number of hydrogen-bond donors (Lipinski definition) is 3. The highest BCUT2D eigenvalue weighted by molar-refractivity contribution is 6.06. The van der Waals surface area contributed by atoms with Gasteiger partial charge in [-0.25, -0.2) is 0 Å². The molecule has 0 spiro atoms. The molecule has 2 aromatic carbocycles. The second kappa shape index (κ2) is 8.59. The zero-order valence-electron chi connectivity index (χ0n) is 17.0. The van der Waals surface area contributed by atoms with Crippen molar-refractivity contribution < 1.29 is 14.3 Å². The number of likely N-dealkylation sites (tertiary alicyclic amines) is 1. The average molecular weight is 406 g/mol. The molecule has 1 unspecified atom stereocenters. The molecule has 2 amide bonds. The van der Waals surface area contributed by atoms with Crippen molar-refractivity contribution in [2.24, 2.45) is 5.73 Å². The highest BCUT2D eigenvalue weighted by Gasteiger charge is 2.29. The molecule has 2 heterocycles. The highest BCUT2D eigenvalue weighted by atomic mass is 16.5. The molecule has 0 radical (unpaired) electrons. The Morgan fingerprint density at radius 3 is 2.87 bits per heavy atom. The van der Waals surface area contributed by atoms with Gasteiger partial charge < -0.3 is 20.8 Å². The van der Waals surface area contributed by atoms with Crippen LogP contribution in [-0.2, 0) is 11.3 Å². The minimum atomic E-state index is -0.293. The summed E-state index contributed by atoms with van der Waals surface area (Å²) in [5.41, 5.74) is 8.54. The molecular formula is C23H26N4O3. The van der Waals surface area contributed by atoms with Crippen molar-refractivity contribution in [3.05, 3.63) is 59.8 Å². The van der Waals surface area contributed by atoms with Gasteiger partial charge in [-0.15, -0.1) is 0 Å². The summed E-state index contributed by atoms with van der Waals surface area (Å²) in [7, 11) is 0. The zero-order valence-corrected chi connectivity index (χ0v) is 17.0. The molecule has 7 heteroatoms. The van der Waals surface area contributed by atoms with E-state index in [2.05, 4.69) is 15.2 Å². The lowest BCUT2D eigenvalue weighted by molar-refractivity contribution is -0.122. The molecule has 0 aliphatic carbocycles. The zero-order chi connectivity index (χ0) is 21.1. The Morgan fingerprint density at radius 1 is 1.23 bits per heavy atom. The Kier molecular flexibility index (Phi) is 5.72. The van der Waals surface area contributed by atoms with Crippen molar-refractivity contribution in [3.8, 4) is 5.75 Å². The van der Waals surface area contributed by atoms with Crippen molar-refractivity contribution in [1.29, 1.82) is 0 Å². The van der Waals surface area contributed by atoms with Crippen molar-refractivity contribution in [2.45, 2.75) is 32.4 Å². The van der Waals surface area contributed by atoms with Gasteiger partial charge in [-0.3, -0.25) is 14.5 Å². The Morgan fingerprint density at radius 2 is 2.07 bits per heavy atom. The van der Waals surface area contributed by atoms with Crippen molar-refractivity contribution in [2.75, 3.05) is 18.5 Å². The minimum absolute atomic E-state index is 0.218. The van der Waals surface area contributed by atoms with Crippen LogP contribution in [0.3, 0.4) is 0 Å². The lowest BCUT2D eigenvalue weighted by atomic mass is 10.1. The van der Waals surface area contributed by atoms with Gasteiger partial charge in [0, 0.05) is 29.2 Å². The number of nitrogens with one attached hydrogen (secondary N) is 2. The normalized spacial score (nSPS) is 16.6. The maximum absolute atomic E-state index is 12.9. The van der Waals surface area contributed by atoms with E-state index < -0.39 is 0 Å². The largest absolute Gasteiger partial charge is 0.494 e. The standard InChI is InChI=1S/C23H26N4O3/c1-2-30-17-10-9-15-12-20(25-19(15)13-17)23(29)26-18-7-4-3-6-16(18)14-27-11-5-8-21(27)22(24)28/h3-4,6-7,9-10,12-13,21,25H,2,5,8,11,14H2,1H3,(H2,24,28)(H,26,29). The van der Waals surface area contributed by atoms with E-state index in [4.69, 9.17) is 10.5 Å². The van der Waals surface area contributed by atoms with E-state index in [9.17, 15) is 9.59 Å². The minimum Gasteiger partial charge on any atom is -0.494 e. The maximum atomic E-state index is 12.9. The number of para-hydroxylation sites is 1. The summed E-state index contributed by atoms with van der Waals surface area (Å²) in [6.07, 6.45) is 1.73. The van der Waals surface area contributed by atoms with Gasteiger partial charge in [-0.05, 0) is 56.1 Å². The molecule has 1 fully saturated rings. The van der Waals surface area contributed by atoms with Crippen molar-refractivity contribution in [3.63, 3.8) is 0 Å². The van der Waals surface area contributed by atoms with Crippen molar-refractivity contribution >= 4 is 28.4 Å². The van der Waals surface area contributed by atoms with Crippen LogP contribution in [0.4, 0.5) is 5.69 Å². The lowest BCUT2D eigenvalue weighted by Crippen LogP contribution is -2.39. The van der Waals surface area contributed by atoms with Gasteiger partial charge >= 0.3 is 0 Å². The summed E-state index contributed by atoms with van der Waals surface area (Å²) in [6, 6.07) is 14.9. The summed E-state index contributed by atoms with van der Waals surface area (Å²) < 4.78 is 5.53. The first-order valence-corrected chi connectivity index (χ1v) is 10.2. The number of aromatic nitrogens is 1. The van der Waals surface area contributed by atoms with E-state index in [1.807, 2.05) is 55.5 Å². The first-order valence-electron chi connectivity index (χ1n) is 10.2. The first kappa shape index (κ1) is 20.0. The number of amides is 2. The molecule has 3 aromatic rings. The quantitative estimate of drug-likeness (QED) is 0.561. The monoisotopic (exact) mass is 406 g/mol. The highest BCUT2D eigenvalue weighted by Crippen LogP contribution is 2.25. The second-order valence-corrected chi connectivity index (χ2v) is 7.51. The summed E-state index contributed by atoms with van der Waals surface area (Å²) in [5.74, 6) is 0.252. The third-order valence-electron chi connectivity index (χ3n) is 5.48. The summed E-state index contributed by atoms with van der Waals surface area (Å²) in [5, 5.41) is 3.94. The number of carbonyl (C=O) groups is 2. The number of primary amides is 1. The van der Waals surface area contributed by atoms with Crippen LogP contribution in [0.1, 0.15) is 35.8 Å². The van der Waals surface area contributed by atoms with Crippen LogP contribution in [0.2, 0.25) is 0 Å². The number of fused-ring (bicyclic) bond motifs is 1. The fourth-order valence-corrected chi connectivity index (χ4v) is 4.01. The van der Waals surface area contributed by atoms with Gasteiger partial charge in [0.25, 0.3) is 5.91 Å². The van der Waals surface area contributed by atoms with Crippen LogP contribution in [-0.4, -0.2) is 40.9 Å². The Balaban J connectivity index is 1.52. The van der Waals surface area contributed by atoms with E-state index >= 15 is 0 Å². The van der Waals surface area contributed by atoms with Crippen LogP contribution < -0.4 is 15.8 Å². The molecular weight excluding hydrogens is 380 g/mol. The number of H-pyrrole nitrogens is 1. The van der Waals surface area contributed by atoms with Crippen LogP contribution in [0.5, 0.6) is 5.75 Å². The van der Waals surface area contributed by atoms with Crippen LogP contribution >= 0.6 is 0 Å². The Hall–Kier alpha value is -3.32. The van der Waals surface area contributed by atoms with Gasteiger partial charge in [-0.1, -0.05) is 18.2 Å². The molecule has 1 aromatic heterocycles. The smallest absolute Gasteiger partial charge is 0.272 e. The predicted molar refractivity (Wildman–Crippen MR) is 116 cm³/mol. The predicted octanol–water partition coefficient (Wildman–Crippen LogP) is 3.27. The molecule has 1 atom stereocenters. The fraction of sp³-hybridized carbons (Fsp3) is 0.304. The lowest BCUT2D eigenvalue weighted by Gasteiger charge is -2.23. The van der Waals surface area contributed by atoms with E-state index in [-0.39, 0.29) is 17.9 Å². The number of anilines is 1. The SMILES string of the molecule is CCOc1ccc2cc(C(=O)Nc3ccccc3CN3CCCC3C(N)=O)[nH]c2c1. The van der Waals surface area contributed by atoms with Crippen LogP contribution in [0.25, 0.3) is 10.9 Å². The Labute approximate surface area is 175 Å². The first-order chi connectivity index (χ1) is 14.5. The molecule has 0 saturated carbocycles. The number of hydrogen-bond acceptors (Lipinski definition) is 4. The second-order valence-electron chi connectivity index (χ2n) is 7.51. The molecule has 30 heavy (non-hydrogen) atoms. The van der Waals surface area contributed by atoms with E-state index in [1.165, 1.54) is 0 Å². The van der Waals surface area contributed by atoms with E-state index in [0.29, 0.717) is 18.8 Å². The third-order valence-corrected chi connectivity index (χ3v) is 5.48. The molecule has 156 valence electrons. The molecule has 1 aliphatic rings. The molecule has 4 rings (SSSR count). The maximum Gasteiger partial charge on any atom is 0.272 e. The van der Waals surface area contributed by atoms with Gasteiger partial charge in [0.15, 0.2) is 0 Å². The number of carbonyl (C=O) groups excluding carboxylic acids is 2.